The van der Waals surface area contributed by atoms with Crippen molar-refractivity contribution in [1.82, 2.24) is 9.55 Å². The van der Waals surface area contributed by atoms with Gasteiger partial charge < -0.3 is 19.1 Å². The molecular weight excluding hydrogens is 564 g/mol. The van der Waals surface area contributed by atoms with Crippen LogP contribution in [0.2, 0.25) is 5.02 Å². The molecule has 7 nitrogen and oxygen atoms in total. The van der Waals surface area contributed by atoms with Gasteiger partial charge in [-0.15, -0.1) is 0 Å². The zero-order chi connectivity index (χ0) is 29.9. The van der Waals surface area contributed by atoms with Crippen LogP contribution in [-0.2, 0) is 11.3 Å². The van der Waals surface area contributed by atoms with E-state index < -0.39 is 5.97 Å². The molecule has 1 aliphatic rings. The van der Waals surface area contributed by atoms with E-state index >= 15 is 0 Å². The van der Waals surface area contributed by atoms with E-state index in [2.05, 4.69) is 4.57 Å². The van der Waals surface area contributed by atoms with E-state index in [0.29, 0.717) is 22.4 Å². The number of halogens is 1. The summed E-state index contributed by atoms with van der Waals surface area (Å²) in [5.74, 6) is 0.132. The summed E-state index contributed by atoms with van der Waals surface area (Å²) in [7, 11) is 1.38. The van der Waals surface area contributed by atoms with Crippen molar-refractivity contribution in [3.05, 3.63) is 107 Å². The zero-order valence-electron chi connectivity index (χ0n) is 23.8. The van der Waals surface area contributed by atoms with Gasteiger partial charge in [0.1, 0.15) is 18.2 Å². The second kappa shape index (κ2) is 12.3. The Morgan fingerprint density at radius 1 is 0.884 bits per heavy atom. The zero-order valence-corrected chi connectivity index (χ0v) is 24.5. The summed E-state index contributed by atoms with van der Waals surface area (Å²) < 4.78 is 13.4. The number of aromatic nitrogens is 2. The monoisotopic (exact) mass is 594 g/mol. The topological polar surface area (TPSA) is 90.7 Å². The van der Waals surface area contributed by atoms with Crippen LogP contribution in [0.1, 0.15) is 64.4 Å². The molecule has 0 unspecified atom stereocenters. The number of hydrogen-bond donors (Lipinski definition) is 1. The molecule has 1 saturated carbocycles. The summed E-state index contributed by atoms with van der Waals surface area (Å²) in [4.78, 5) is 28.8. The van der Waals surface area contributed by atoms with Crippen LogP contribution in [0.3, 0.4) is 0 Å². The van der Waals surface area contributed by atoms with Crippen LogP contribution >= 0.6 is 11.6 Å². The molecule has 0 aliphatic heterocycles. The van der Waals surface area contributed by atoms with E-state index in [9.17, 15) is 14.7 Å². The first-order chi connectivity index (χ1) is 20.9. The number of carbonyl (C=O) groups is 2. The minimum absolute atomic E-state index is 0.190. The Bertz CT molecular complexity index is 1790. The molecule has 1 aromatic heterocycles. The van der Waals surface area contributed by atoms with Crippen LogP contribution in [0.4, 0.5) is 0 Å². The van der Waals surface area contributed by atoms with Gasteiger partial charge in [-0.2, -0.15) is 0 Å². The standard InChI is InChI=1S/C35H31ClN2O5/c1-42-35(41)25-12-18-32-31(20-25)37-33(38(32)28-5-3-2-4-6-28)23-9-15-29(16-10-23)43-21-26-19-24(34(39)40)11-17-30(26)22-7-13-27(36)14-8-22/h7-20,28H,2-6,21H2,1H3,(H,39,40). The predicted octanol–water partition coefficient (Wildman–Crippen LogP) is 8.59. The van der Waals surface area contributed by atoms with E-state index in [4.69, 9.17) is 26.1 Å². The van der Waals surface area contributed by atoms with Crippen molar-refractivity contribution in [3.63, 3.8) is 0 Å². The van der Waals surface area contributed by atoms with Crippen LogP contribution in [0.15, 0.2) is 84.9 Å². The van der Waals surface area contributed by atoms with Gasteiger partial charge in [0.2, 0.25) is 0 Å². The van der Waals surface area contributed by atoms with Gasteiger partial charge in [-0.25, -0.2) is 14.6 Å². The average Bonchev–Trinajstić information content (AvgIpc) is 3.43. The molecular formula is C35H31ClN2O5. The average molecular weight is 595 g/mol. The largest absolute Gasteiger partial charge is 0.489 e. The molecule has 0 atom stereocenters. The SMILES string of the molecule is COC(=O)c1ccc2c(c1)nc(-c1ccc(OCc3cc(C(=O)O)ccc3-c3ccc(Cl)cc3)cc1)n2C1CCCCC1. The molecule has 1 aliphatic carbocycles. The van der Waals surface area contributed by atoms with Crippen molar-refractivity contribution < 1.29 is 24.2 Å². The maximum absolute atomic E-state index is 12.2. The molecule has 4 aromatic carbocycles. The molecule has 1 fully saturated rings. The third-order valence-corrected chi connectivity index (χ3v) is 8.32. The highest BCUT2D eigenvalue weighted by molar-refractivity contribution is 6.30. The number of methoxy groups -OCH3 is 1. The van der Waals surface area contributed by atoms with Gasteiger partial charge in [-0.3, -0.25) is 0 Å². The van der Waals surface area contributed by atoms with Gasteiger partial charge in [0, 0.05) is 16.6 Å². The summed E-state index contributed by atoms with van der Waals surface area (Å²) >= 11 is 6.08. The Labute approximate surface area is 254 Å². The third-order valence-electron chi connectivity index (χ3n) is 8.06. The molecule has 0 spiro atoms. The first-order valence-corrected chi connectivity index (χ1v) is 14.7. The molecule has 5 aromatic rings. The number of carboxylic acids is 1. The lowest BCUT2D eigenvalue weighted by atomic mass is 9.95. The Balaban J connectivity index is 1.30. The normalized spacial score (nSPS) is 13.6. The van der Waals surface area contributed by atoms with Gasteiger partial charge in [0.15, 0.2) is 0 Å². The van der Waals surface area contributed by atoms with E-state index in [-0.39, 0.29) is 18.1 Å². The van der Waals surface area contributed by atoms with Gasteiger partial charge in [0.25, 0.3) is 0 Å². The lowest BCUT2D eigenvalue weighted by molar-refractivity contribution is 0.0600. The highest BCUT2D eigenvalue weighted by Crippen LogP contribution is 2.37. The Morgan fingerprint density at radius 3 is 2.28 bits per heavy atom. The minimum Gasteiger partial charge on any atom is -0.489 e. The van der Waals surface area contributed by atoms with Crippen molar-refractivity contribution in [2.45, 2.75) is 44.8 Å². The molecule has 8 heteroatoms. The number of fused-ring (bicyclic) bond motifs is 1. The lowest BCUT2D eigenvalue weighted by Crippen LogP contribution is -2.14. The molecule has 0 bridgehead atoms. The molecule has 1 heterocycles. The number of esters is 1. The number of benzene rings is 4. The Morgan fingerprint density at radius 2 is 1.58 bits per heavy atom. The second-order valence-corrected chi connectivity index (χ2v) is 11.2. The highest BCUT2D eigenvalue weighted by atomic mass is 35.5. The van der Waals surface area contributed by atoms with Crippen LogP contribution < -0.4 is 4.74 Å². The van der Waals surface area contributed by atoms with E-state index in [0.717, 1.165) is 52.0 Å². The Hall–Kier alpha value is -4.62. The summed E-state index contributed by atoms with van der Waals surface area (Å²) in [6, 6.07) is 26.2. The van der Waals surface area contributed by atoms with Gasteiger partial charge >= 0.3 is 11.9 Å². The molecule has 43 heavy (non-hydrogen) atoms. The van der Waals surface area contributed by atoms with E-state index in [1.54, 1.807) is 30.3 Å². The number of rotatable bonds is 8. The van der Waals surface area contributed by atoms with Gasteiger partial charge in [-0.05, 0) is 96.3 Å². The molecule has 0 amide bonds. The van der Waals surface area contributed by atoms with Crippen molar-refractivity contribution in [2.75, 3.05) is 7.11 Å². The first-order valence-electron chi connectivity index (χ1n) is 14.4. The van der Waals surface area contributed by atoms with Crippen molar-refractivity contribution >= 4 is 34.6 Å². The summed E-state index contributed by atoms with van der Waals surface area (Å²) in [6.07, 6.45) is 5.77. The third kappa shape index (κ3) is 5.99. The van der Waals surface area contributed by atoms with Crippen molar-refractivity contribution in [1.29, 1.82) is 0 Å². The summed E-state index contributed by atoms with van der Waals surface area (Å²) in [6.45, 7) is 0.190. The van der Waals surface area contributed by atoms with E-state index in [1.165, 1.54) is 26.4 Å². The number of carbonyl (C=O) groups excluding carboxylic acids is 1. The molecule has 1 N–H and O–H groups in total. The maximum Gasteiger partial charge on any atom is 0.337 e. The number of imidazole rings is 1. The quantitative estimate of drug-likeness (QED) is 0.181. The molecule has 218 valence electrons. The first kappa shape index (κ1) is 28.5. The minimum atomic E-state index is -0.993. The van der Waals surface area contributed by atoms with Crippen molar-refractivity contribution in [2.24, 2.45) is 0 Å². The number of nitrogens with zero attached hydrogens (tertiary/aromatic N) is 2. The fraction of sp³-hybridized carbons (Fsp3) is 0.229. The lowest BCUT2D eigenvalue weighted by Gasteiger charge is -2.25. The highest BCUT2D eigenvalue weighted by Gasteiger charge is 2.23. The van der Waals surface area contributed by atoms with Crippen LogP contribution in [0, 0.1) is 0 Å². The number of carboxylic acid groups (broad SMARTS) is 1. The number of ether oxygens (including phenoxy) is 2. The molecule has 6 rings (SSSR count). The number of hydrogen-bond acceptors (Lipinski definition) is 5. The van der Waals surface area contributed by atoms with Gasteiger partial charge in [0.05, 0.1) is 29.3 Å². The number of aromatic carboxylic acids is 1. The van der Waals surface area contributed by atoms with Crippen LogP contribution in [0.5, 0.6) is 5.75 Å². The summed E-state index contributed by atoms with van der Waals surface area (Å²) in [5.41, 5.74) is 5.94. The smallest absolute Gasteiger partial charge is 0.337 e. The fourth-order valence-electron chi connectivity index (χ4n) is 5.87. The van der Waals surface area contributed by atoms with Crippen molar-refractivity contribution in [3.8, 4) is 28.3 Å². The van der Waals surface area contributed by atoms with Crippen LogP contribution in [-0.4, -0.2) is 33.7 Å². The fourth-order valence-corrected chi connectivity index (χ4v) is 6.00. The summed E-state index contributed by atoms with van der Waals surface area (Å²) in [5, 5.41) is 10.2. The maximum atomic E-state index is 12.2. The second-order valence-electron chi connectivity index (χ2n) is 10.8. The van der Waals surface area contributed by atoms with Gasteiger partial charge in [-0.1, -0.05) is 49.1 Å². The Kier molecular flexibility index (Phi) is 8.16. The predicted molar refractivity (Wildman–Crippen MR) is 167 cm³/mol. The molecule has 0 radical (unpaired) electrons. The molecule has 0 saturated heterocycles. The van der Waals surface area contributed by atoms with E-state index in [1.807, 2.05) is 54.6 Å². The van der Waals surface area contributed by atoms with Crippen LogP contribution in [0.25, 0.3) is 33.5 Å².